The Balaban J connectivity index is 1.90. The largest absolute Gasteiger partial charge is 0.491 e. The van der Waals surface area contributed by atoms with Crippen LogP contribution in [0.25, 0.3) is 0 Å². The van der Waals surface area contributed by atoms with Gasteiger partial charge in [-0.05, 0) is 24.6 Å². The third kappa shape index (κ3) is 2.34. The molecule has 2 heterocycles. The Hall–Kier alpha value is -2.43. The molecule has 0 spiro atoms. The number of rotatable bonds is 3. The highest BCUT2D eigenvalue weighted by atomic mass is 16.5. The number of hydrogen-bond donors (Lipinski definition) is 1. The Labute approximate surface area is 116 Å². The minimum absolute atomic E-state index is 0.00708. The molecule has 0 atom stereocenters. The second kappa shape index (κ2) is 5.28. The average Bonchev–Trinajstić information content (AvgIpc) is 2.81. The van der Waals surface area contributed by atoms with Gasteiger partial charge in [0, 0.05) is 18.7 Å². The van der Waals surface area contributed by atoms with Crippen LogP contribution in [0.2, 0.25) is 0 Å². The lowest BCUT2D eigenvalue weighted by atomic mass is 10.2. The summed E-state index contributed by atoms with van der Waals surface area (Å²) < 4.78 is 10.7. The summed E-state index contributed by atoms with van der Waals surface area (Å²) in [6.45, 7) is 1.99. The van der Waals surface area contributed by atoms with Gasteiger partial charge in [0.1, 0.15) is 5.75 Å². The summed E-state index contributed by atoms with van der Waals surface area (Å²) >= 11 is 0. The number of carbonyl (C=O) groups is 1. The zero-order valence-electron chi connectivity index (χ0n) is 10.9. The molecule has 0 bridgehead atoms. The Morgan fingerprint density at radius 2 is 2.15 bits per heavy atom. The van der Waals surface area contributed by atoms with Gasteiger partial charge in [0.15, 0.2) is 0 Å². The summed E-state index contributed by atoms with van der Waals surface area (Å²) in [5.74, 6) is -0.192. The zero-order chi connectivity index (χ0) is 13.9. The minimum Gasteiger partial charge on any atom is -0.491 e. The Morgan fingerprint density at radius 1 is 1.30 bits per heavy atom. The van der Waals surface area contributed by atoms with Crippen molar-refractivity contribution >= 4 is 11.7 Å². The molecule has 0 saturated heterocycles. The fourth-order valence-corrected chi connectivity index (χ4v) is 2.42. The normalized spacial score (nSPS) is 14.3. The van der Waals surface area contributed by atoms with Gasteiger partial charge in [0.2, 0.25) is 5.76 Å². The van der Waals surface area contributed by atoms with Crippen LogP contribution in [0.3, 0.4) is 0 Å². The average molecular weight is 273 g/mol. The van der Waals surface area contributed by atoms with Crippen molar-refractivity contribution in [3.05, 3.63) is 47.9 Å². The van der Waals surface area contributed by atoms with Crippen molar-refractivity contribution in [3.8, 4) is 5.75 Å². The molecule has 1 N–H and O–H groups in total. The number of nitrogens with zero attached hydrogens (tertiary/aromatic N) is 1. The molecule has 1 aliphatic heterocycles. The minimum atomic E-state index is -1.04. The molecular formula is C15H15NO4. The zero-order valence-corrected chi connectivity index (χ0v) is 10.9. The molecule has 1 aromatic carbocycles. The van der Waals surface area contributed by atoms with E-state index < -0.39 is 5.97 Å². The van der Waals surface area contributed by atoms with E-state index in [4.69, 9.17) is 14.3 Å². The molecular weight excluding hydrogens is 258 g/mol. The highest BCUT2D eigenvalue weighted by Crippen LogP contribution is 2.32. The van der Waals surface area contributed by atoms with Crippen LogP contribution in [0.4, 0.5) is 5.69 Å². The summed E-state index contributed by atoms with van der Waals surface area (Å²) in [6, 6.07) is 9.51. The fraction of sp³-hybridized carbons (Fsp3) is 0.267. The molecule has 5 nitrogen and oxygen atoms in total. The van der Waals surface area contributed by atoms with Crippen molar-refractivity contribution in [2.45, 2.75) is 13.0 Å². The molecule has 1 aromatic heterocycles. The van der Waals surface area contributed by atoms with E-state index in [1.54, 1.807) is 6.07 Å². The van der Waals surface area contributed by atoms with E-state index in [9.17, 15) is 4.79 Å². The lowest BCUT2D eigenvalue weighted by Gasteiger charge is -2.23. The fourth-order valence-electron chi connectivity index (χ4n) is 2.42. The van der Waals surface area contributed by atoms with E-state index >= 15 is 0 Å². The van der Waals surface area contributed by atoms with Crippen molar-refractivity contribution in [3.63, 3.8) is 0 Å². The van der Waals surface area contributed by atoms with Crippen LogP contribution in [0, 0.1) is 0 Å². The second-order valence-corrected chi connectivity index (χ2v) is 4.67. The SMILES string of the molecule is O=C(O)c1occc1CN1CCCOc2ccccc21. The van der Waals surface area contributed by atoms with Gasteiger partial charge in [-0.2, -0.15) is 0 Å². The van der Waals surface area contributed by atoms with E-state index in [0.717, 1.165) is 24.4 Å². The summed E-state index contributed by atoms with van der Waals surface area (Å²) in [7, 11) is 0. The molecule has 0 fully saturated rings. The molecule has 1 aliphatic rings. The van der Waals surface area contributed by atoms with E-state index in [-0.39, 0.29) is 5.76 Å². The summed E-state index contributed by atoms with van der Waals surface area (Å²) in [5.41, 5.74) is 1.66. The van der Waals surface area contributed by atoms with Crippen LogP contribution in [0.15, 0.2) is 41.0 Å². The van der Waals surface area contributed by atoms with Gasteiger partial charge in [0.25, 0.3) is 0 Å². The Morgan fingerprint density at radius 3 is 3.00 bits per heavy atom. The summed E-state index contributed by atoms with van der Waals surface area (Å²) in [6.07, 6.45) is 2.31. The topological polar surface area (TPSA) is 62.9 Å². The predicted octanol–water partition coefficient (Wildman–Crippen LogP) is 2.77. The molecule has 104 valence electrons. The molecule has 0 aliphatic carbocycles. The van der Waals surface area contributed by atoms with Gasteiger partial charge < -0.3 is 19.2 Å². The highest BCUT2D eigenvalue weighted by Gasteiger charge is 2.20. The maximum Gasteiger partial charge on any atom is 0.372 e. The summed E-state index contributed by atoms with van der Waals surface area (Å²) in [4.78, 5) is 13.2. The predicted molar refractivity (Wildman–Crippen MR) is 73.3 cm³/mol. The number of carboxylic acids is 1. The molecule has 0 saturated carbocycles. The highest BCUT2D eigenvalue weighted by molar-refractivity contribution is 5.86. The number of furan rings is 1. The van der Waals surface area contributed by atoms with Crippen molar-refractivity contribution in [2.24, 2.45) is 0 Å². The number of hydrogen-bond acceptors (Lipinski definition) is 4. The van der Waals surface area contributed by atoms with Crippen molar-refractivity contribution in [1.29, 1.82) is 0 Å². The third-order valence-corrected chi connectivity index (χ3v) is 3.34. The van der Waals surface area contributed by atoms with E-state index in [2.05, 4.69) is 4.90 Å². The van der Waals surface area contributed by atoms with Gasteiger partial charge in [-0.25, -0.2) is 4.79 Å². The van der Waals surface area contributed by atoms with E-state index in [0.29, 0.717) is 18.7 Å². The number of ether oxygens (including phenoxy) is 1. The number of fused-ring (bicyclic) bond motifs is 1. The van der Waals surface area contributed by atoms with Gasteiger partial charge in [-0.1, -0.05) is 12.1 Å². The smallest absolute Gasteiger partial charge is 0.372 e. The maximum absolute atomic E-state index is 11.1. The first-order valence-electron chi connectivity index (χ1n) is 6.52. The first-order valence-corrected chi connectivity index (χ1v) is 6.52. The van der Waals surface area contributed by atoms with Crippen LogP contribution in [-0.2, 0) is 6.54 Å². The number of carboxylic acid groups (broad SMARTS) is 1. The van der Waals surface area contributed by atoms with Crippen LogP contribution < -0.4 is 9.64 Å². The lowest BCUT2D eigenvalue weighted by molar-refractivity contribution is 0.0661. The van der Waals surface area contributed by atoms with Gasteiger partial charge in [-0.3, -0.25) is 0 Å². The number of aromatic carboxylic acids is 1. The van der Waals surface area contributed by atoms with Crippen molar-refractivity contribution in [1.82, 2.24) is 0 Å². The molecule has 0 unspecified atom stereocenters. The van der Waals surface area contributed by atoms with Gasteiger partial charge in [-0.15, -0.1) is 0 Å². The van der Waals surface area contributed by atoms with Gasteiger partial charge in [0.05, 0.1) is 18.6 Å². The standard InChI is InChI=1S/C15H15NO4/c17-15(18)14-11(6-9-20-14)10-16-7-3-8-19-13-5-2-1-4-12(13)16/h1-2,4-6,9H,3,7-8,10H2,(H,17,18). The quantitative estimate of drug-likeness (QED) is 0.931. The Bertz CT molecular complexity index is 620. The number of benzene rings is 1. The first-order chi connectivity index (χ1) is 9.75. The van der Waals surface area contributed by atoms with Crippen LogP contribution >= 0.6 is 0 Å². The molecule has 5 heteroatoms. The first kappa shape index (κ1) is 12.6. The molecule has 0 radical (unpaired) electrons. The van der Waals surface area contributed by atoms with Crippen LogP contribution in [0.1, 0.15) is 22.5 Å². The molecule has 3 rings (SSSR count). The lowest BCUT2D eigenvalue weighted by Crippen LogP contribution is -2.23. The van der Waals surface area contributed by atoms with Crippen LogP contribution in [0.5, 0.6) is 5.75 Å². The Kier molecular flexibility index (Phi) is 3.33. The van der Waals surface area contributed by atoms with Crippen LogP contribution in [-0.4, -0.2) is 24.2 Å². The molecule has 2 aromatic rings. The van der Waals surface area contributed by atoms with Crippen molar-refractivity contribution < 1.29 is 19.1 Å². The van der Waals surface area contributed by atoms with E-state index in [1.807, 2.05) is 24.3 Å². The van der Waals surface area contributed by atoms with E-state index in [1.165, 1.54) is 6.26 Å². The maximum atomic E-state index is 11.1. The third-order valence-electron chi connectivity index (χ3n) is 3.34. The molecule has 20 heavy (non-hydrogen) atoms. The number of anilines is 1. The summed E-state index contributed by atoms with van der Waals surface area (Å²) in [5, 5.41) is 9.10. The number of para-hydroxylation sites is 2. The monoisotopic (exact) mass is 273 g/mol. The van der Waals surface area contributed by atoms with Gasteiger partial charge >= 0.3 is 5.97 Å². The van der Waals surface area contributed by atoms with Crippen molar-refractivity contribution in [2.75, 3.05) is 18.1 Å². The second-order valence-electron chi connectivity index (χ2n) is 4.67. The molecule has 0 amide bonds.